The monoisotopic (exact) mass is 390 g/mol. The van der Waals surface area contributed by atoms with Gasteiger partial charge in [-0.05, 0) is 42.5 Å². The molecule has 0 aliphatic heterocycles. The number of benzene rings is 2. The van der Waals surface area contributed by atoms with Crippen molar-refractivity contribution in [3.05, 3.63) is 69.9 Å². The Labute approximate surface area is 146 Å². The van der Waals surface area contributed by atoms with E-state index >= 15 is 0 Å². The van der Waals surface area contributed by atoms with Gasteiger partial charge < -0.3 is 15.5 Å². The molecule has 0 bridgehead atoms. The molecule has 3 aromatic rings. The SMILES string of the molecule is Nc1ccc(Cl)c(NC(=O)c2ccc(-c3ccc(Br)cc3)o2)c1. The average molecular weight is 392 g/mol. The first-order valence-electron chi connectivity index (χ1n) is 6.75. The van der Waals surface area contributed by atoms with Gasteiger partial charge in [0.05, 0.1) is 10.7 Å². The molecular weight excluding hydrogens is 380 g/mol. The number of carbonyl (C=O) groups is 1. The van der Waals surface area contributed by atoms with Crippen LogP contribution in [0.3, 0.4) is 0 Å². The molecule has 4 nitrogen and oxygen atoms in total. The minimum absolute atomic E-state index is 0.196. The van der Waals surface area contributed by atoms with E-state index in [0.717, 1.165) is 10.0 Å². The Morgan fingerprint density at radius 1 is 1.09 bits per heavy atom. The fourth-order valence-electron chi connectivity index (χ4n) is 2.05. The number of hydrogen-bond donors (Lipinski definition) is 2. The summed E-state index contributed by atoms with van der Waals surface area (Å²) in [5, 5.41) is 3.10. The summed E-state index contributed by atoms with van der Waals surface area (Å²) in [6, 6.07) is 15.9. The zero-order valence-corrected chi connectivity index (χ0v) is 14.2. The third-order valence-electron chi connectivity index (χ3n) is 3.20. The van der Waals surface area contributed by atoms with E-state index in [2.05, 4.69) is 21.2 Å². The molecule has 1 amide bonds. The number of amides is 1. The normalized spacial score (nSPS) is 10.5. The summed E-state index contributed by atoms with van der Waals surface area (Å²) in [6.07, 6.45) is 0. The Morgan fingerprint density at radius 2 is 1.83 bits per heavy atom. The van der Waals surface area contributed by atoms with Crippen LogP contribution in [0.5, 0.6) is 0 Å². The lowest BCUT2D eigenvalue weighted by atomic mass is 10.2. The van der Waals surface area contributed by atoms with Crippen molar-refractivity contribution in [2.75, 3.05) is 11.1 Å². The topological polar surface area (TPSA) is 68.3 Å². The van der Waals surface area contributed by atoms with Gasteiger partial charge in [0.15, 0.2) is 5.76 Å². The summed E-state index contributed by atoms with van der Waals surface area (Å²) < 4.78 is 6.59. The molecule has 3 rings (SSSR count). The summed E-state index contributed by atoms with van der Waals surface area (Å²) in [6.45, 7) is 0. The number of carbonyl (C=O) groups excluding carboxylic acids is 1. The molecular formula is C17H12BrClN2O2. The van der Waals surface area contributed by atoms with Gasteiger partial charge in [-0.1, -0.05) is 39.7 Å². The first kappa shape index (κ1) is 15.6. The minimum atomic E-state index is -0.388. The van der Waals surface area contributed by atoms with Crippen LogP contribution in [-0.4, -0.2) is 5.91 Å². The van der Waals surface area contributed by atoms with E-state index in [1.807, 2.05) is 24.3 Å². The first-order valence-corrected chi connectivity index (χ1v) is 7.92. The van der Waals surface area contributed by atoms with Crippen molar-refractivity contribution >= 4 is 44.8 Å². The molecule has 0 fully saturated rings. The molecule has 0 aliphatic carbocycles. The number of halogens is 2. The van der Waals surface area contributed by atoms with Crippen LogP contribution in [-0.2, 0) is 0 Å². The van der Waals surface area contributed by atoms with E-state index in [9.17, 15) is 4.79 Å². The van der Waals surface area contributed by atoms with Gasteiger partial charge in [-0.3, -0.25) is 4.79 Å². The van der Waals surface area contributed by atoms with E-state index < -0.39 is 0 Å². The third kappa shape index (κ3) is 3.57. The Kier molecular flexibility index (Phi) is 4.41. The van der Waals surface area contributed by atoms with Crippen LogP contribution in [0.4, 0.5) is 11.4 Å². The predicted molar refractivity (Wildman–Crippen MR) is 95.7 cm³/mol. The van der Waals surface area contributed by atoms with E-state index in [4.69, 9.17) is 21.8 Å². The quantitative estimate of drug-likeness (QED) is 0.603. The van der Waals surface area contributed by atoms with Crippen LogP contribution >= 0.6 is 27.5 Å². The molecule has 0 unspecified atom stereocenters. The standard InChI is InChI=1S/C17H12BrClN2O2/c18-11-3-1-10(2-4-11)15-7-8-16(23-15)17(22)21-14-9-12(20)5-6-13(14)19/h1-9H,20H2,(H,21,22). The minimum Gasteiger partial charge on any atom is -0.451 e. The molecule has 0 saturated carbocycles. The van der Waals surface area contributed by atoms with Crippen LogP contribution < -0.4 is 11.1 Å². The van der Waals surface area contributed by atoms with Gasteiger partial charge >= 0.3 is 0 Å². The molecule has 0 aliphatic rings. The second kappa shape index (κ2) is 6.48. The highest BCUT2D eigenvalue weighted by Crippen LogP contribution is 2.27. The lowest BCUT2D eigenvalue weighted by Gasteiger charge is -2.06. The molecule has 1 aromatic heterocycles. The highest BCUT2D eigenvalue weighted by molar-refractivity contribution is 9.10. The van der Waals surface area contributed by atoms with E-state index in [0.29, 0.717) is 22.2 Å². The van der Waals surface area contributed by atoms with Gasteiger partial charge in [-0.15, -0.1) is 0 Å². The van der Waals surface area contributed by atoms with Crippen LogP contribution in [0.1, 0.15) is 10.6 Å². The molecule has 0 atom stereocenters. The summed E-state index contributed by atoms with van der Waals surface area (Å²) in [5.41, 5.74) is 7.54. The summed E-state index contributed by atoms with van der Waals surface area (Å²) in [4.78, 5) is 12.3. The van der Waals surface area contributed by atoms with Crippen molar-refractivity contribution in [1.29, 1.82) is 0 Å². The van der Waals surface area contributed by atoms with E-state index in [-0.39, 0.29) is 11.7 Å². The van der Waals surface area contributed by atoms with Gasteiger partial charge in [-0.25, -0.2) is 0 Å². The van der Waals surface area contributed by atoms with Crippen molar-refractivity contribution in [1.82, 2.24) is 0 Å². The highest BCUT2D eigenvalue weighted by Gasteiger charge is 2.14. The number of anilines is 2. The van der Waals surface area contributed by atoms with E-state index in [1.165, 1.54) is 0 Å². The molecule has 2 aromatic carbocycles. The fraction of sp³-hybridized carbons (Fsp3) is 0. The molecule has 3 N–H and O–H groups in total. The second-order valence-corrected chi connectivity index (χ2v) is 6.19. The number of rotatable bonds is 3. The zero-order valence-electron chi connectivity index (χ0n) is 11.8. The number of hydrogen-bond acceptors (Lipinski definition) is 3. The molecule has 6 heteroatoms. The number of furan rings is 1. The fourth-order valence-corrected chi connectivity index (χ4v) is 2.48. The Balaban J connectivity index is 1.81. The Hall–Kier alpha value is -2.24. The molecule has 0 spiro atoms. The second-order valence-electron chi connectivity index (χ2n) is 4.86. The Morgan fingerprint density at radius 3 is 2.57 bits per heavy atom. The van der Waals surface area contributed by atoms with Crippen LogP contribution in [0.2, 0.25) is 5.02 Å². The van der Waals surface area contributed by atoms with Gasteiger partial charge in [0.2, 0.25) is 0 Å². The first-order chi connectivity index (χ1) is 11.0. The highest BCUT2D eigenvalue weighted by atomic mass is 79.9. The smallest absolute Gasteiger partial charge is 0.291 e. The van der Waals surface area contributed by atoms with Crippen molar-refractivity contribution in [2.24, 2.45) is 0 Å². The molecule has 0 radical (unpaired) electrons. The van der Waals surface area contributed by atoms with Gasteiger partial charge in [0.25, 0.3) is 5.91 Å². The molecule has 1 heterocycles. The predicted octanol–water partition coefficient (Wildman–Crippen LogP) is 5.20. The maximum atomic E-state index is 12.3. The van der Waals surface area contributed by atoms with E-state index in [1.54, 1.807) is 30.3 Å². The molecule has 23 heavy (non-hydrogen) atoms. The van der Waals surface area contributed by atoms with Crippen molar-refractivity contribution in [3.8, 4) is 11.3 Å². The van der Waals surface area contributed by atoms with Gasteiger partial charge in [0.1, 0.15) is 5.76 Å². The molecule has 0 saturated heterocycles. The van der Waals surface area contributed by atoms with Crippen molar-refractivity contribution < 1.29 is 9.21 Å². The summed E-state index contributed by atoms with van der Waals surface area (Å²) in [7, 11) is 0. The van der Waals surface area contributed by atoms with Crippen molar-refractivity contribution in [2.45, 2.75) is 0 Å². The lowest BCUT2D eigenvalue weighted by molar-refractivity contribution is 0.0997. The largest absolute Gasteiger partial charge is 0.451 e. The number of nitrogens with two attached hydrogens (primary N) is 1. The number of nitrogens with one attached hydrogen (secondary N) is 1. The number of nitrogen functional groups attached to an aromatic ring is 1. The summed E-state index contributed by atoms with van der Waals surface area (Å²) >= 11 is 9.42. The maximum absolute atomic E-state index is 12.3. The van der Waals surface area contributed by atoms with Crippen LogP contribution in [0.25, 0.3) is 11.3 Å². The van der Waals surface area contributed by atoms with Crippen molar-refractivity contribution in [3.63, 3.8) is 0 Å². The third-order valence-corrected chi connectivity index (χ3v) is 4.06. The zero-order chi connectivity index (χ0) is 16.4. The Bertz CT molecular complexity index is 859. The molecule has 116 valence electrons. The van der Waals surface area contributed by atoms with Gasteiger partial charge in [-0.2, -0.15) is 0 Å². The van der Waals surface area contributed by atoms with Crippen LogP contribution in [0.15, 0.2) is 63.5 Å². The average Bonchev–Trinajstić information content (AvgIpc) is 3.02. The van der Waals surface area contributed by atoms with Crippen LogP contribution in [0, 0.1) is 0 Å². The summed E-state index contributed by atoms with van der Waals surface area (Å²) in [5.74, 6) is 0.420. The van der Waals surface area contributed by atoms with Gasteiger partial charge in [0, 0.05) is 15.7 Å². The maximum Gasteiger partial charge on any atom is 0.291 e. The lowest BCUT2D eigenvalue weighted by Crippen LogP contribution is -2.11.